The zero-order chi connectivity index (χ0) is 12.9. The number of halogens is 2. The first-order chi connectivity index (χ1) is 8.63. The van der Waals surface area contributed by atoms with Crippen LogP contribution in [0, 0.1) is 5.82 Å². The van der Waals surface area contributed by atoms with Crippen LogP contribution in [-0.2, 0) is 13.5 Å². The van der Waals surface area contributed by atoms with E-state index in [9.17, 15) is 4.39 Å². The number of hydrogen-bond donors (Lipinski definition) is 1. The summed E-state index contributed by atoms with van der Waals surface area (Å²) in [5.74, 6) is 0.520. The number of benzene rings is 1. The highest BCUT2D eigenvalue weighted by Crippen LogP contribution is 2.27. The van der Waals surface area contributed by atoms with Crippen molar-refractivity contribution in [1.29, 1.82) is 0 Å². The Morgan fingerprint density at radius 3 is 2.94 bits per heavy atom. The van der Waals surface area contributed by atoms with Crippen molar-refractivity contribution in [2.45, 2.75) is 6.42 Å². The molecule has 0 atom stereocenters. The third kappa shape index (κ3) is 1.49. The molecule has 18 heavy (non-hydrogen) atoms. The first kappa shape index (κ1) is 11.7. The lowest BCUT2D eigenvalue weighted by atomic mass is 10.3. The minimum atomic E-state index is -0.263. The average Bonchev–Trinajstić information content (AvgIpc) is 2.81. The molecule has 0 aliphatic rings. The highest BCUT2D eigenvalue weighted by Gasteiger charge is 2.17. The van der Waals surface area contributed by atoms with E-state index in [0.717, 1.165) is 33.5 Å². The van der Waals surface area contributed by atoms with Crippen LogP contribution in [0.25, 0.3) is 16.8 Å². The summed E-state index contributed by atoms with van der Waals surface area (Å²) in [6, 6.07) is 4.60. The molecule has 2 N–H and O–H groups in total. The summed E-state index contributed by atoms with van der Waals surface area (Å²) in [4.78, 5) is 4.51. The highest BCUT2D eigenvalue weighted by molar-refractivity contribution is 9.10. The van der Waals surface area contributed by atoms with Crippen LogP contribution in [0.4, 0.5) is 4.39 Å². The molecule has 0 spiro atoms. The van der Waals surface area contributed by atoms with E-state index in [4.69, 9.17) is 5.73 Å². The van der Waals surface area contributed by atoms with E-state index in [1.54, 1.807) is 6.07 Å². The van der Waals surface area contributed by atoms with Crippen LogP contribution in [0.1, 0.15) is 5.69 Å². The largest absolute Gasteiger partial charge is 0.330 e. The summed E-state index contributed by atoms with van der Waals surface area (Å²) >= 11 is 3.55. The van der Waals surface area contributed by atoms with Gasteiger partial charge >= 0.3 is 0 Å². The van der Waals surface area contributed by atoms with Crippen molar-refractivity contribution >= 4 is 32.7 Å². The van der Waals surface area contributed by atoms with E-state index in [2.05, 4.69) is 20.9 Å². The van der Waals surface area contributed by atoms with Gasteiger partial charge in [-0.05, 0) is 34.6 Å². The minimum Gasteiger partial charge on any atom is -0.330 e. The van der Waals surface area contributed by atoms with Crippen molar-refractivity contribution in [2.75, 3.05) is 6.54 Å². The van der Waals surface area contributed by atoms with E-state index in [-0.39, 0.29) is 5.82 Å². The van der Waals surface area contributed by atoms with Crippen molar-refractivity contribution < 1.29 is 4.39 Å². The fourth-order valence-corrected chi connectivity index (χ4v) is 3.06. The zero-order valence-corrected chi connectivity index (χ0v) is 11.4. The minimum absolute atomic E-state index is 0.263. The molecular formula is C12H12BrFN4. The van der Waals surface area contributed by atoms with Gasteiger partial charge in [-0.25, -0.2) is 9.37 Å². The van der Waals surface area contributed by atoms with Gasteiger partial charge in [-0.2, -0.15) is 0 Å². The molecule has 0 unspecified atom stereocenters. The number of nitrogens with two attached hydrogens (primary N) is 1. The summed E-state index contributed by atoms with van der Waals surface area (Å²) in [6.45, 7) is 0.561. The number of aryl methyl sites for hydroxylation is 1. The number of rotatable bonds is 2. The molecule has 0 saturated carbocycles. The molecule has 0 amide bonds. The van der Waals surface area contributed by atoms with Gasteiger partial charge in [0.1, 0.15) is 10.4 Å². The predicted molar refractivity (Wildman–Crippen MR) is 72.1 cm³/mol. The Balaban J connectivity index is 2.43. The molecule has 2 aromatic heterocycles. The van der Waals surface area contributed by atoms with Crippen LogP contribution in [0.2, 0.25) is 0 Å². The van der Waals surface area contributed by atoms with E-state index in [0.29, 0.717) is 6.54 Å². The van der Waals surface area contributed by atoms with E-state index >= 15 is 0 Å². The van der Waals surface area contributed by atoms with Gasteiger partial charge in [0.15, 0.2) is 0 Å². The average molecular weight is 311 g/mol. The van der Waals surface area contributed by atoms with E-state index < -0.39 is 0 Å². The van der Waals surface area contributed by atoms with Gasteiger partial charge in [-0.15, -0.1) is 0 Å². The molecule has 94 valence electrons. The maximum atomic E-state index is 13.3. The van der Waals surface area contributed by atoms with Gasteiger partial charge in [-0.1, -0.05) is 0 Å². The Hall–Kier alpha value is -1.40. The lowest BCUT2D eigenvalue weighted by Crippen LogP contribution is -2.07. The van der Waals surface area contributed by atoms with Crippen molar-refractivity contribution in [3.63, 3.8) is 0 Å². The second-order valence-corrected chi connectivity index (χ2v) is 4.97. The summed E-state index contributed by atoms with van der Waals surface area (Å²) in [5, 5.41) is 0. The van der Waals surface area contributed by atoms with Crippen LogP contribution in [0.15, 0.2) is 22.8 Å². The topological polar surface area (TPSA) is 48.2 Å². The molecule has 6 heteroatoms. The third-order valence-electron chi connectivity index (χ3n) is 3.12. The molecule has 0 fully saturated rings. The lowest BCUT2D eigenvalue weighted by molar-refractivity contribution is 0.629. The quantitative estimate of drug-likeness (QED) is 0.789. The van der Waals surface area contributed by atoms with E-state index in [1.165, 1.54) is 12.1 Å². The number of fused-ring (bicyclic) bond motifs is 3. The Bertz CT molecular complexity index is 744. The standard InChI is InChI=1S/C12H12BrFN4/c1-17-9(4-5-15)11(13)18-10-6-7(14)2-3-8(10)16-12(17)18/h2-3,6H,4-5,15H2,1H3. The fraction of sp³-hybridized carbons (Fsp3) is 0.250. The molecule has 0 bridgehead atoms. The summed E-state index contributed by atoms with van der Waals surface area (Å²) < 4.78 is 18.1. The zero-order valence-electron chi connectivity index (χ0n) is 9.82. The molecule has 1 aromatic carbocycles. The van der Waals surface area contributed by atoms with E-state index in [1.807, 2.05) is 16.0 Å². The molecule has 0 saturated heterocycles. The highest BCUT2D eigenvalue weighted by atomic mass is 79.9. The predicted octanol–water partition coefficient (Wildman–Crippen LogP) is 2.23. The number of nitrogens with zero attached hydrogens (tertiary/aromatic N) is 3. The number of hydrogen-bond acceptors (Lipinski definition) is 2. The molecular weight excluding hydrogens is 299 g/mol. The van der Waals surface area contributed by atoms with Crippen molar-refractivity contribution in [3.8, 4) is 0 Å². The smallest absolute Gasteiger partial charge is 0.215 e. The van der Waals surface area contributed by atoms with Crippen molar-refractivity contribution in [2.24, 2.45) is 12.8 Å². The SMILES string of the molecule is Cn1c(CCN)c(Br)n2c3cc(F)ccc3nc12. The second-order valence-electron chi connectivity index (χ2n) is 4.22. The first-order valence-electron chi connectivity index (χ1n) is 5.64. The maximum Gasteiger partial charge on any atom is 0.215 e. The van der Waals surface area contributed by atoms with Crippen LogP contribution in [-0.4, -0.2) is 20.5 Å². The molecule has 4 nitrogen and oxygen atoms in total. The molecule has 3 rings (SSSR count). The lowest BCUT2D eigenvalue weighted by Gasteiger charge is -2.00. The molecule has 0 aliphatic heterocycles. The van der Waals surface area contributed by atoms with Crippen molar-refractivity contribution in [1.82, 2.24) is 14.0 Å². The van der Waals surface area contributed by atoms with Gasteiger partial charge < -0.3 is 10.3 Å². The molecule has 3 aromatic rings. The van der Waals surface area contributed by atoms with Crippen molar-refractivity contribution in [3.05, 3.63) is 34.3 Å². The normalized spacial score (nSPS) is 11.8. The fourth-order valence-electron chi connectivity index (χ4n) is 2.25. The van der Waals surface area contributed by atoms with Crippen LogP contribution in [0.3, 0.4) is 0 Å². The summed E-state index contributed by atoms with van der Waals surface area (Å²) in [6.07, 6.45) is 0.747. The maximum absolute atomic E-state index is 13.3. The van der Waals surface area contributed by atoms with Gasteiger partial charge in [0.2, 0.25) is 5.78 Å². The molecule has 0 radical (unpaired) electrons. The van der Waals surface area contributed by atoms with Gasteiger partial charge in [0.25, 0.3) is 0 Å². The Morgan fingerprint density at radius 1 is 1.44 bits per heavy atom. The van der Waals surface area contributed by atoms with Gasteiger partial charge in [0.05, 0.1) is 16.7 Å². The Kier molecular flexibility index (Phi) is 2.64. The Morgan fingerprint density at radius 2 is 2.22 bits per heavy atom. The monoisotopic (exact) mass is 310 g/mol. The summed E-state index contributed by atoms with van der Waals surface area (Å²) in [7, 11) is 1.94. The van der Waals surface area contributed by atoms with Gasteiger partial charge in [0, 0.05) is 19.5 Å². The molecule has 2 heterocycles. The summed E-state index contributed by atoms with van der Waals surface area (Å²) in [5.41, 5.74) is 8.20. The van der Waals surface area contributed by atoms with Crippen LogP contribution in [0.5, 0.6) is 0 Å². The first-order valence-corrected chi connectivity index (χ1v) is 6.43. The van der Waals surface area contributed by atoms with Crippen LogP contribution >= 0.6 is 15.9 Å². The van der Waals surface area contributed by atoms with Gasteiger partial charge in [-0.3, -0.25) is 4.40 Å². The second kappa shape index (κ2) is 4.07. The molecule has 0 aliphatic carbocycles. The van der Waals surface area contributed by atoms with Crippen LogP contribution < -0.4 is 5.73 Å². The Labute approximate surface area is 111 Å². The third-order valence-corrected chi connectivity index (χ3v) is 3.93. The number of imidazole rings is 2. The number of aromatic nitrogens is 3.